The Bertz CT molecular complexity index is 1730. The van der Waals surface area contributed by atoms with Crippen LogP contribution in [0.3, 0.4) is 0 Å². The van der Waals surface area contributed by atoms with Crippen LogP contribution >= 0.6 is 0 Å². The van der Waals surface area contributed by atoms with Gasteiger partial charge in [0.1, 0.15) is 0 Å². The van der Waals surface area contributed by atoms with Crippen molar-refractivity contribution in [3.05, 3.63) is 140 Å². The van der Waals surface area contributed by atoms with Crippen LogP contribution in [0.25, 0.3) is 33.9 Å². The van der Waals surface area contributed by atoms with Gasteiger partial charge in [-0.15, -0.1) is 0 Å². The van der Waals surface area contributed by atoms with Crippen LogP contribution in [0.15, 0.2) is 140 Å². The lowest BCUT2D eigenvalue weighted by Gasteiger charge is -2.28. The van der Waals surface area contributed by atoms with Crippen molar-refractivity contribution in [2.24, 2.45) is 0 Å². The highest BCUT2D eigenvalue weighted by molar-refractivity contribution is 5.77. The summed E-state index contributed by atoms with van der Waals surface area (Å²) in [4.78, 5) is 18.9. The minimum absolute atomic E-state index is 0.830. The van der Waals surface area contributed by atoms with Gasteiger partial charge in [0.2, 0.25) is 0 Å². The molecule has 0 atom stereocenters. The SMILES string of the molecule is CCCCN(c1ccccc1)c1ccc(N(CCCC)c2ccc(-c3cc(-c4ccccn4)nc(-c4ccccn4)c3)cc2)cc1. The second-order valence-corrected chi connectivity index (χ2v) is 11.5. The van der Waals surface area contributed by atoms with E-state index in [1.54, 1.807) is 12.4 Å². The minimum atomic E-state index is 0.830. The molecule has 0 amide bonds. The summed E-state index contributed by atoms with van der Waals surface area (Å²) in [5.41, 5.74) is 10.4. The predicted octanol–water partition coefficient (Wildman–Crippen LogP) is 10.7. The molecule has 3 aromatic carbocycles. The van der Waals surface area contributed by atoms with E-state index in [0.29, 0.717) is 0 Å². The molecule has 6 rings (SSSR count). The smallest absolute Gasteiger partial charge is 0.0900 e. The van der Waals surface area contributed by atoms with Gasteiger partial charge in [-0.25, -0.2) is 4.98 Å². The maximum atomic E-state index is 4.94. The number of anilines is 4. The Morgan fingerprint density at radius 2 is 0.870 bits per heavy atom. The van der Waals surface area contributed by atoms with E-state index in [4.69, 9.17) is 4.98 Å². The summed E-state index contributed by atoms with van der Waals surface area (Å²) in [6.07, 6.45) is 8.17. The first-order valence-electron chi connectivity index (χ1n) is 16.4. The third-order valence-electron chi connectivity index (χ3n) is 8.20. The first-order chi connectivity index (χ1) is 22.7. The summed E-state index contributed by atoms with van der Waals surface area (Å²) in [5.74, 6) is 0. The molecule has 5 nitrogen and oxygen atoms in total. The van der Waals surface area contributed by atoms with Gasteiger partial charge in [-0.1, -0.05) is 69.2 Å². The molecule has 3 aromatic heterocycles. The van der Waals surface area contributed by atoms with Crippen molar-refractivity contribution in [2.75, 3.05) is 22.9 Å². The normalized spacial score (nSPS) is 10.9. The molecule has 0 saturated carbocycles. The van der Waals surface area contributed by atoms with Crippen molar-refractivity contribution in [3.8, 4) is 33.9 Å². The molecule has 46 heavy (non-hydrogen) atoms. The maximum Gasteiger partial charge on any atom is 0.0900 e. The van der Waals surface area contributed by atoms with Crippen molar-refractivity contribution in [1.82, 2.24) is 15.0 Å². The Morgan fingerprint density at radius 3 is 1.30 bits per heavy atom. The first-order valence-corrected chi connectivity index (χ1v) is 16.4. The lowest BCUT2D eigenvalue weighted by atomic mass is 10.0. The number of rotatable bonds is 13. The zero-order chi connectivity index (χ0) is 31.6. The maximum absolute atomic E-state index is 4.94. The summed E-state index contributed by atoms with van der Waals surface area (Å²) in [7, 11) is 0. The molecule has 0 aliphatic carbocycles. The fraction of sp³-hybridized carbons (Fsp3) is 0.195. The Hall–Kier alpha value is -5.29. The van der Waals surface area contributed by atoms with E-state index >= 15 is 0 Å². The zero-order valence-corrected chi connectivity index (χ0v) is 26.8. The third kappa shape index (κ3) is 7.32. The van der Waals surface area contributed by atoms with Crippen molar-refractivity contribution < 1.29 is 0 Å². The number of pyridine rings is 3. The van der Waals surface area contributed by atoms with Crippen LogP contribution < -0.4 is 9.80 Å². The summed E-state index contributed by atoms with van der Waals surface area (Å²) in [6, 6.07) is 44.7. The fourth-order valence-corrected chi connectivity index (χ4v) is 5.69. The molecule has 5 heteroatoms. The summed E-state index contributed by atoms with van der Waals surface area (Å²) in [6.45, 7) is 6.45. The van der Waals surface area contributed by atoms with Gasteiger partial charge in [0.25, 0.3) is 0 Å². The zero-order valence-electron chi connectivity index (χ0n) is 26.8. The summed E-state index contributed by atoms with van der Waals surface area (Å²) < 4.78 is 0. The highest BCUT2D eigenvalue weighted by Crippen LogP contribution is 2.34. The van der Waals surface area contributed by atoms with Gasteiger partial charge < -0.3 is 9.80 Å². The molecule has 0 radical (unpaired) electrons. The molecule has 0 unspecified atom stereocenters. The van der Waals surface area contributed by atoms with E-state index < -0.39 is 0 Å². The van der Waals surface area contributed by atoms with E-state index in [0.717, 1.165) is 72.7 Å². The van der Waals surface area contributed by atoms with Crippen LogP contribution in [0.2, 0.25) is 0 Å². The topological polar surface area (TPSA) is 45.2 Å². The van der Waals surface area contributed by atoms with Crippen molar-refractivity contribution in [2.45, 2.75) is 39.5 Å². The standard InChI is InChI=1S/C41H41N5/c1-3-5-28-45(34-14-8-7-9-15-34)36-22-24-37(25-23-36)46(29-6-4-2)35-20-18-32(19-21-35)33-30-40(38-16-10-12-26-42-38)44-41(31-33)39-17-11-13-27-43-39/h7-27,30-31H,3-6,28-29H2,1-2H3. The number of unbranched alkanes of at least 4 members (excludes halogenated alkanes) is 2. The van der Waals surface area contributed by atoms with Gasteiger partial charge in [-0.2, -0.15) is 0 Å². The fourth-order valence-electron chi connectivity index (χ4n) is 5.69. The Kier molecular flexibility index (Phi) is 10.1. The molecule has 0 spiro atoms. The molecular formula is C41H41N5. The van der Waals surface area contributed by atoms with Crippen LogP contribution in [0.5, 0.6) is 0 Å². The number of aromatic nitrogens is 3. The summed E-state index contributed by atoms with van der Waals surface area (Å²) >= 11 is 0. The molecule has 0 N–H and O–H groups in total. The van der Waals surface area contributed by atoms with Crippen molar-refractivity contribution >= 4 is 22.7 Å². The molecular weight excluding hydrogens is 562 g/mol. The van der Waals surface area contributed by atoms with Crippen molar-refractivity contribution in [3.63, 3.8) is 0 Å². The van der Waals surface area contributed by atoms with Crippen LogP contribution in [-0.4, -0.2) is 28.0 Å². The average Bonchev–Trinajstić information content (AvgIpc) is 3.14. The lowest BCUT2D eigenvalue weighted by Crippen LogP contribution is -2.20. The van der Waals surface area contributed by atoms with E-state index in [2.05, 4.69) is 125 Å². The molecule has 0 bridgehead atoms. The van der Waals surface area contributed by atoms with E-state index in [1.807, 2.05) is 36.4 Å². The Labute approximate surface area is 273 Å². The Morgan fingerprint density at radius 1 is 0.435 bits per heavy atom. The molecule has 6 aromatic rings. The number of nitrogens with zero attached hydrogens (tertiary/aromatic N) is 5. The molecule has 230 valence electrons. The second kappa shape index (κ2) is 15.1. The van der Waals surface area contributed by atoms with E-state index in [-0.39, 0.29) is 0 Å². The van der Waals surface area contributed by atoms with Gasteiger partial charge in [-0.3, -0.25) is 9.97 Å². The van der Waals surface area contributed by atoms with Crippen molar-refractivity contribution in [1.29, 1.82) is 0 Å². The number of hydrogen-bond donors (Lipinski definition) is 0. The Balaban J connectivity index is 1.31. The highest BCUT2D eigenvalue weighted by Gasteiger charge is 2.14. The quantitative estimate of drug-likeness (QED) is 0.131. The van der Waals surface area contributed by atoms with E-state index in [1.165, 1.54) is 22.7 Å². The highest BCUT2D eigenvalue weighted by atomic mass is 15.1. The summed E-state index contributed by atoms with van der Waals surface area (Å²) in [5, 5.41) is 0. The number of hydrogen-bond acceptors (Lipinski definition) is 5. The van der Waals surface area contributed by atoms with Gasteiger partial charge in [-0.05, 0) is 109 Å². The minimum Gasteiger partial charge on any atom is -0.341 e. The number of para-hydroxylation sites is 1. The van der Waals surface area contributed by atoms with Gasteiger partial charge in [0, 0.05) is 48.2 Å². The van der Waals surface area contributed by atoms with Gasteiger partial charge in [0.05, 0.1) is 22.8 Å². The lowest BCUT2D eigenvalue weighted by molar-refractivity contribution is 0.782. The molecule has 0 aliphatic rings. The van der Waals surface area contributed by atoms with Crippen LogP contribution in [0, 0.1) is 0 Å². The largest absolute Gasteiger partial charge is 0.341 e. The predicted molar refractivity (Wildman–Crippen MR) is 193 cm³/mol. The first kappa shape index (κ1) is 30.7. The third-order valence-corrected chi connectivity index (χ3v) is 8.20. The second-order valence-electron chi connectivity index (χ2n) is 11.5. The van der Waals surface area contributed by atoms with E-state index in [9.17, 15) is 0 Å². The molecule has 0 aliphatic heterocycles. The number of benzene rings is 3. The van der Waals surface area contributed by atoms with Gasteiger partial charge >= 0.3 is 0 Å². The van der Waals surface area contributed by atoms with Crippen LogP contribution in [0.1, 0.15) is 39.5 Å². The van der Waals surface area contributed by atoms with Crippen LogP contribution in [0.4, 0.5) is 22.7 Å². The van der Waals surface area contributed by atoms with Gasteiger partial charge in [0.15, 0.2) is 0 Å². The molecule has 0 saturated heterocycles. The molecule has 0 fully saturated rings. The molecule has 3 heterocycles. The van der Waals surface area contributed by atoms with Crippen LogP contribution in [-0.2, 0) is 0 Å². The average molecular weight is 604 g/mol. The monoisotopic (exact) mass is 603 g/mol.